The van der Waals surface area contributed by atoms with Gasteiger partial charge in [-0.15, -0.1) is 0 Å². The lowest BCUT2D eigenvalue weighted by Gasteiger charge is -2.22. The summed E-state index contributed by atoms with van der Waals surface area (Å²) >= 11 is 0. The largest absolute Gasteiger partial charge is 0.466 e. The number of benzene rings is 4. The van der Waals surface area contributed by atoms with Gasteiger partial charge in [0.05, 0.1) is 7.11 Å². The van der Waals surface area contributed by atoms with Crippen LogP contribution in [0.25, 0.3) is 16.3 Å². The molecule has 182 valence electrons. The van der Waals surface area contributed by atoms with Crippen LogP contribution in [0.5, 0.6) is 0 Å². The number of fused-ring (bicyclic) bond motifs is 1. The number of hydrogen-bond donors (Lipinski definition) is 0. The summed E-state index contributed by atoms with van der Waals surface area (Å²) in [7, 11) is 1.34. The number of ether oxygens (including phenoxy) is 2. The maximum atomic E-state index is 13.2. The fraction of sp³-hybridized carbons (Fsp3) is 0.0938. The van der Waals surface area contributed by atoms with Crippen molar-refractivity contribution in [2.24, 2.45) is 4.99 Å². The minimum atomic E-state index is -0.530. The number of allylic oxidation sites excluding steroid dienone is 1. The third-order valence-electron chi connectivity index (χ3n) is 6.50. The molecule has 1 heterocycles. The van der Waals surface area contributed by atoms with Crippen LogP contribution in [-0.4, -0.2) is 24.9 Å². The van der Waals surface area contributed by atoms with E-state index < -0.39 is 17.9 Å². The quantitative estimate of drug-likeness (QED) is 0.222. The Balaban J connectivity index is 1.69. The van der Waals surface area contributed by atoms with Gasteiger partial charge in [-0.2, -0.15) is 0 Å². The molecule has 5 nitrogen and oxygen atoms in total. The van der Waals surface area contributed by atoms with E-state index in [9.17, 15) is 9.59 Å². The van der Waals surface area contributed by atoms with Crippen molar-refractivity contribution < 1.29 is 19.1 Å². The van der Waals surface area contributed by atoms with E-state index in [2.05, 4.69) is 11.6 Å². The maximum absolute atomic E-state index is 13.2. The molecule has 0 N–H and O–H groups in total. The van der Waals surface area contributed by atoms with E-state index >= 15 is 0 Å². The second-order valence-electron chi connectivity index (χ2n) is 8.71. The van der Waals surface area contributed by atoms with Crippen molar-refractivity contribution in [3.8, 4) is 0 Å². The average molecular weight is 488 g/mol. The monoisotopic (exact) mass is 487 g/mol. The number of esters is 2. The molecule has 0 amide bonds. The Morgan fingerprint density at radius 2 is 1.54 bits per heavy atom. The molecular weight excluding hydrogens is 462 g/mol. The highest BCUT2D eigenvalue weighted by atomic mass is 16.6. The van der Waals surface area contributed by atoms with Gasteiger partial charge in [0, 0.05) is 17.1 Å². The highest BCUT2D eigenvalue weighted by Gasteiger charge is 2.32. The Kier molecular flexibility index (Phi) is 6.77. The summed E-state index contributed by atoms with van der Waals surface area (Å²) in [6.45, 7) is 4.11. The smallest absolute Gasteiger partial charge is 0.364 e. The van der Waals surface area contributed by atoms with Crippen LogP contribution < -0.4 is 0 Å². The van der Waals surface area contributed by atoms with E-state index in [0.29, 0.717) is 23.1 Å². The Morgan fingerprint density at radius 3 is 2.27 bits per heavy atom. The van der Waals surface area contributed by atoms with Crippen LogP contribution in [0, 0.1) is 0 Å². The summed E-state index contributed by atoms with van der Waals surface area (Å²) in [4.78, 5) is 30.5. The highest BCUT2D eigenvalue weighted by molar-refractivity contribution is 6.14. The molecule has 4 aromatic rings. The minimum absolute atomic E-state index is 0.216. The summed E-state index contributed by atoms with van der Waals surface area (Å²) in [5.74, 6) is -1.25. The van der Waals surface area contributed by atoms with Gasteiger partial charge in [0.25, 0.3) is 0 Å². The lowest BCUT2D eigenvalue weighted by Crippen LogP contribution is -2.15. The average Bonchev–Trinajstić information content (AvgIpc) is 3.34. The number of nitrogens with zero attached hydrogens (tertiary/aromatic N) is 1. The molecule has 0 radical (unpaired) electrons. The van der Waals surface area contributed by atoms with Crippen molar-refractivity contribution in [1.82, 2.24) is 0 Å². The maximum Gasteiger partial charge on any atom is 0.364 e. The van der Waals surface area contributed by atoms with Crippen molar-refractivity contribution in [2.45, 2.75) is 12.3 Å². The summed E-state index contributed by atoms with van der Waals surface area (Å²) in [6, 6.07) is 32.8. The molecule has 5 heteroatoms. The van der Waals surface area contributed by atoms with Crippen LogP contribution in [0.1, 0.15) is 29.0 Å². The first-order chi connectivity index (χ1) is 18.1. The highest BCUT2D eigenvalue weighted by Crippen LogP contribution is 2.40. The molecular formula is C32H25NO4. The molecule has 4 aromatic carbocycles. The summed E-state index contributed by atoms with van der Waals surface area (Å²) in [5, 5.41) is 2.04. The molecule has 0 bridgehead atoms. The van der Waals surface area contributed by atoms with E-state index in [4.69, 9.17) is 9.47 Å². The van der Waals surface area contributed by atoms with Crippen molar-refractivity contribution in [1.29, 1.82) is 0 Å². The number of carbonyl (C=O) groups excluding carboxylic acids is 2. The second kappa shape index (κ2) is 10.5. The van der Waals surface area contributed by atoms with Crippen LogP contribution in [-0.2, 0) is 19.1 Å². The van der Waals surface area contributed by atoms with E-state index in [-0.39, 0.29) is 11.6 Å². The predicted octanol–water partition coefficient (Wildman–Crippen LogP) is 6.46. The topological polar surface area (TPSA) is 65.0 Å². The van der Waals surface area contributed by atoms with Crippen LogP contribution in [0.4, 0.5) is 0 Å². The molecule has 1 aliphatic heterocycles. The molecule has 0 saturated carbocycles. The summed E-state index contributed by atoms with van der Waals surface area (Å²) in [5.41, 5.74) is 3.62. The van der Waals surface area contributed by atoms with Gasteiger partial charge in [-0.3, -0.25) is 0 Å². The van der Waals surface area contributed by atoms with E-state index in [0.717, 1.165) is 21.9 Å². The first-order valence-electron chi connectivity index (χ1n) is 12.0. The minimum Gasteiger partial charge on any atom is -0.466 e. The number of rotatable bonds is 7. The molecule has 37 heavy (non-hydrogen) atoms. The Hall–Kier alpha value is -4.77. The lowest BCUT2D eigenvalue weighted by molar-refractivity contribution is -0.136. The fourth-order valence-electron chi connectivity index (χ4n) is 4.64. The van der Waals surface area contributed by atoms with Crippen molar-refractivity contribution >= 4 is 34.2 Å². The standard InChI is InChI=1S/C32H25NO4/c1-21(31(34)36-2)27(26-19-11-17-22-14-9-10-18-25(22)26)20-28(23-12-5-3-6-13-23)29-32(35)37-30(33-29)24-15-7-4-8-16-24/h3-19,27H,1,20H2,2H3/b29-28-/t27-/m0/s1. The molecule has 0 aromatic heterocycles. The summed E-state index contributed by atoms with van der Waals surface area (Å²) in [6.07, 6.45) is 0.294. The van der Waals surface area contributed by atoms with Gasteiger partial charge >= 0.3 is 11.9 Å². The first-order valence-corrected chi connectivity index (χ1v) is 12.0. The molecule has 0 aliphatic carbocycles. The molecule has 0 unspecified atom stereocenters. The third kappa shape index (κ3) is 4.84. The van der Waals surface area contributed by atoms with Gasteiger partial charge in [0.15, 0.2) is 5.70 Å². The van der Waals surface area contributed by atoms with Gasteiger partial charge in [-0.1, -0.05) is 97.6 Å². The number of cyclic esters (lactones) is 1. The second-order valence-corrected chi connectivity index (χ2v) is 8.71. The van der Waals surface area contributed by atoms with Crippen LogP contribution >= 0.6 is 0 Å². The molecule has 1 aliphatic rings. The van der Waals surface area contributed by atoms with Gasteiger partial charge in [-0.05, 0) is 46.0 Å². The number of methoxy groups -OCH3 is 1. The lowest BCUT2D eigenvalue weighted by atomic mass is 9.81. The predicted molar refractivity (Wildman–Crippen MR) is 145 cm³/mol. The van der Waals surface area contributed by atoms with Crippen LogP contribution in [0.2, 0.25) is 0 Å². The van der Waals surface area contributed by atoms with Crippen molar-refractivity contribution in [3.05, 3.63) is 138 Å². The Morgan fingerprint density at radius 1 is 0.892 bits per heavy atom. The van der Waals surface area contributed by atoms with Gasteiger partial charge in [0.2, 0.25) is 5.90 Å². The molecule has 0 saturated heterocycles. The zero-order valence-electron chi connectivity index (χ0n) is 20.4. The van der Waals surface area contributed by atoms with Gasteiger partial charge < -0.3 is 9.47 Å². The molecule has 0 fully saturated rings. The van der Waals surface area contributed by atoms with E-state index in [1.807, 2.05) is 103 Å². The molecule has 0 spiro atoms. The first kappa shape index (κ1) is 23.9. The number of aliphatic imine (C=N–C) groups is 1. The van der Waals surface area contributed by atoms with Crippen molar-refractivity contribution in [3.63, 3.8) is 0 Å². The zero-order valence-corrected chi connectivity index (χ0v) is 20.4. The number of hydrogen-bond acceptors (Lipinski definition) is 5. The fourth-order valence-corrected chi connectivity index (χ4v) is 4.64. The SMILES string of the molecule is C=C(C(=O)OC)[C@H](C/C(=C1/N=C(c2ccccc2)OC1=O)c1ccccc1)c1cccc2ccccc12. The number of carbonyl (C=O) groups is 2. The van der Waals surface area contributed by atoms with Gasteiger partial charge in [-0.25, -0.2) is 14.6 Å². The van der Waals surface area contributed by atoms with Crippen LogP contribution in [0.15, 0.2) is 126 Å². The van der Waals surface area contributed by atoms with Crippen LogP contribution in [0.3, 0.4) is 0 Å². The normalized spacial score (nSPS) is 15.1. The van der Waals surface area contributed by atoms with Crippen molar-refractivity contribution in [2.75, 3.05) is 7.11 Å². The van der Waals surface area contributed by atoms with E-state index in [1.165, 1.54) is 7.11 Å². The molecule has 1 atom stereocenters. The zero-order chi connectivity index (χ0) is 25.8. The van der Waals surface area contributed by atoms with E-state index in [1.54, 1.807) is 0 Å². The Bertz CT molecular complexity index is 1550. The third-order valence-corrected chi connectivity index (χ3v) is 6.50. The van der Waals surface area contributed by atoms with Gasteiger partial charge in [0.1, 0.15) is 0 Å². The molecule has 5 rings (SSSR count). The summed E-state index contributed by atoms with van der Waals surface area (Å²) < 4.78 is 10.6. The Labute approximate surface area is 215 Å².